The molecule has 2 aliphatic rings. The Hall–Kier alpha value is -3.56. The number of benzene rings is 4. The SMILES string of the molecule is C1=CC(c2ccccc2)(c2ccccc2)Oc2ccc3cc(N4CCOCC4)ccc3c21. The summed E-state index contributed by atoms with van der Waals surface area (Å²) >= 11 is 0. The molecule has 1 saturated heterocycles. The molecule has 0 amide bonds. The zero-order valence-electron chi connectivity index (χ0n) is 17.9. The first-order valence-electron chi connectivity index (χ1n) is 11.2. The van der Waals surface area contributed by atoms with E-state index in [1.54, 1.807) is 0 Å². The van der Waals surface area contributed by atoms with Gasteiger partial charge in [0, 0.05) is 35.5 Å². The highest BCUT2D eigenvalue weighted by atomic mass is 16.5. The number of fused-ring (bicyclic) bond motifs is 3. The summed E-state index contributed by atoms with van der Waals surface area (Å²) in [4.78, 5) is 2.39. The van der Waals surface area contributed by atoms with E-state index in [9.17, 15) is 0 Å². The molecule has 3 heteroatoms. The van der Waals surface area contributed by atoms with Crippen molar-refractivity contribution in [3.05, 3.63) is 114 Å². The Morgan fingerprint density at radius 3 is 2.09 bits per heavy atom. The van der Waals surface area contributed by atoms with Crippen molar-refractivity contribution in [2.45, 2.75) is 5.60 Å². The molecule has 2 heterocycles. The van der Waals surface area contributed by atoms with Crippen LogP contribution in [-0.2, 0) is 10.3 Å². The number of morpholine rings is 1. The van der Waals surface area contributed by atoms with Crippen LogP contribution in [0.25, 0.3) is 16.8 Å². The molecule has 0 aromatic heterocycles. The smallest absolute Gasteiger partial charge is 0.178 e. The van der Waals surface area contributed by atoms with Gasteiger partial charge in [0.1, 0.15) is 5.75 Å². The number of anilines is 1. The zero-order chi connectivity index (χ0) is 21.4. The second-order valence-electron chi connectivity index (χ2n) is 8.39. The lowest BCUT2D eigenvalue weighted by atomic mass is 9.83. The third kappa shape index (κ3) is 3.17. The second kappa shape index (κ2) is 7.85. The average molecular weight is 420 g/mol. The highest BCUT2D eigenvalue weighted by molar-refractivity contribution is 5.95. The molecule has 0 unspecified atom stereocenters. The first-order valence-corrected chi connectivity index (χ1v) is 11.2. The highest BCUT2D eigenvalue weighted by Crippen LogP contribution is 2.44. The van der Waals surface area contributed by atoms with E-state index in [-0.39, 0.29) is 0 Å². The first-order chi connectivity index (χ1) is 15.8. The van der Waals surface area contributed by atoms with Gasteiger partial charge in [-0.25, -0.2) is 0 Å². The molecule has 4 aromatic carbocycles. The van der Waals surface area contributed by atoms with Crippen LogP contribution in [0.1, 0.15) is 16.7 Å². The van der Waals surface area contributed by atoms with E-state index in [0.29, 0.717) is 0 Å². The number of rotatable bonds is 3. The fourth-order valence-corrected chi connectivity index (χ4v) is 4.86. The molecule has 2 aliphatic heterocycles. The molecule has 0 spiro atoms. The van der Waals surface area contributed by atoms with Gasteiger partial charge < -0.3 is 14.4 Å². The van der Waals surface area contributed by atoms with Gasteiger partial charge in [0.2, 0.25) is 0 Å². The van der Waals surface area contributed by atoms with Gasteiger partial charge in [-0.05, 0) is 41.1 Å². The lowest BCUT2D eigenvalue weighted by Crippen LogP contribution is -2.36. The van der Waals surface area contributed by atoms with E-state index in [1.807, 2.05) is 12.1 Å². The average Bonchev–Trinajstić information content (AvgIpc) is 2.89. The Bertz CT molecular complexity index is 1240. The molecule has 0 aliphatic carbocycles. The molecule has 1 fully saturated rings. The maximum atomic E-state index is 6.83. The van der Waals surface area contributed by atoms with Crippen LogP contribution in [-0.4, -0.2) is 26.3 Å². The molecule has 158 valence electrons. The van der Waals surface area contributed by atoms with E-state index in [0.717, 1.165) is 48.7 Å². The van der Waals surface area contributed by atoms with Crippen LogP contribution < -0.4 is 9.64 Å². The predicted molar refractivity (Wildman–Crippen MR) is 130 cm³/mol. The van der Waals surface area contributed by atoms with Crippen molar-refractivity contribution in [3.63, 3.8) is 0 Å². The lowest BCUT2D eigenvalue weighted by Gasteiger charge is -2.36. The number of hydrogen-bond acceptors (Lipinski definition) is 3. The summed E-state index contributed by atoms with van der Waals surface area (Å²) in [5.74, 6) is 0.909. The van der Waals surface area contributed by atoms with Gasteiger partial charge >= 0.3 is 0 Å². The van der Waals surface area contributed by atoms with Crippen LogP contribution in [0.2, 0.25) is 0 Å². The Kier molecular flexibility index (Phi) is 4.70. The molecule has 0 saturated carbocycles. The van der Waals surface area contributed by atoms with Gasteiger partial charge in [-0.3, -0.25) is 0 Å². The Morgan fingerprint density at radius 2 is 1.41 bits per heavy atom. The molecule has 0 atom stereocenters. The van der Waals surface area contributed by atoms with Gasteiger partial charge in [-0.1, -0.05) is 72.8 Å². The van der Waals surface area contributed by atoms with Crippen LogP contribution in [0.5, 0.6) is 5.75 Å². The van der Waals surface area contributed by atoms with E-state index < -0.39 is 5.60 Å². The van der Waals surface area contributed by atoms with Crippen molar-refractivity contribution in [3.8, 4) is 5.75 Å². The van der Waals surface area contributed by atoms with Gasteiger partial charge in [-0.15, -0.1) is 0 Å². The Balaban J connectivity index is 1.45. The van der Waals surface area contributed by atoms with Crippen LogP contribution in [0, 0.1) is 0 Å². The Morgan fingerprint density at radius 1 is 0.719 bits per heavy atom. The molecule has 6 rings (SSSR count). The fraction of sp³-hybridized carbons (Fsp3) is 0.172. The molecule has 4 aromatic rings. The largest absolute Gasteiger partial charge is 0.473 e. The van der Waals surface area contributed by atoms with Crippen LogP contribution >= 0.6 is 0 Å². The second-order valence-corrected chi connectivity index (χ2v) is 8.39. The van der Waals surface area contributed by atoms with Crippen molar-refractivity contribution in [2.75, 3.05) is 31.2 Å². The monoisotopic (exact) mass is 419 g/mol. The maximum absolute atomic E-state index is 6.83. The standard InChI is InChI=1S/C29H25NO2/c1-3-7-23(8-4-1)29(24-9-5-2-6-10-24)16-15-27-26-13-12-25(30-17-19-31-20-18-30)21-22(26)11-14-28(27)32-29/h1-16,21H,17-20H2. The third-order valence-electron chi connectivity index (χ3n) is 6.54. The van der Waals surface area contributed by atoms with E-state index in [2.05, 4.69) is 95.9 Å². The zero-order valence-corrected chi connectivity index (χ0v) is 17.9. The van der Waals surface area contributed by atoms with Crippen molar-refractivity contribution < 1.29 is 9.47 Å². The minimum Gasteiger partial charge on any atom is -0.473 e. The van der Waals surface area contributed by atoms with Crippen LogP contribution in [0.4, 0.5) is 5.69 Å². The highest BCUT2D eigenvalue weighted by Gasteiger charge is 2.37. The summed E-state index contributed by atoms with van der Waals surface area (Å²) < 4.78 is 12.3. The number of hydrogen-bond donors (Lipinski definition) is 0. The summed E-state index contributed by atoms with van der Waals surface area (Å²) in [6, 6.07) is 31.9. The van der Waals surface area contributed by atoms with Crippen molar-refractivity contribution in [2.24, 2.45) is 0 Å². The molecular weight excluding hydrogens is 394 g/mol. The minimum absolute atomic E-state index is 0.642. The maximum Gasteiger partial charge on any atom is 0.178 e. The number of nitrogens with zero attached hydrogens (tertiary/aromatic N) is 1. The first kappa shape index (κ1) is 19.1. The quantitative estimate of drug-likeness (QED) is 0.405. The van der Waals surface area contributed by atoms with Gasteiger partial charge in [0.15, 0.2) is 5.60 Å². The third-order valence-corrected chi connectivity index (χ3v) is 6.54. The predicted octanol–water partition coefficient (Wildman–Crippen LogP) is 6.03. The molecular formula is C29H25NO2. The van der Waals surface area contributed by atoms with Crippen molar-refractivity contribution in [1.29, 1.82) is 0 Å². The molecule has 0 N–H and O–H groups in total. The normalized spacial score (nSPS) is 17.1. The van der Waals surface area contributed by atoms with E-state index >= 15 is 0 Å². The van der Waals surface area contributed by atoms with Crippen molar-refractivity contribution in [1.82, 2.24) is 0 Å². The lowest BCUT2D eigenvalue weighted by molar-refractivity contribution is 0.122. The summed E-state index contributed by atoms with van der Waals surface area (Å²) in [5.41, 5.74) is 3.99. The minimum atomic E-state index is -0.642. The number of ether oxygens (including phenoxy) is 2. The molecule has 32 heavy (non-hydrogen) atoms. The topological polar surface area (TPSA) is 21.7 Å². The summed E-state index contributed by atoms with van der Waals surface area (Å²) in [6.45, 7) is 3.46. The molecule has 0 bridgehead atoms. The van der Waals surface area contributed by atoms with Crippen LogP contribution in [0.15, 0.2) is 97.1 Å². The Labute approximate surface area is 188 Å². The molecule has 0 radical (unpaired) electrons. The van der Waals surface area contributed by atoms with E-state index in [4.69, 9.17) is 9.47 Å². The van der Waals surface area contributed by atoms with Gasteiger partial charge in [-0.2, -0.15) is 0 Å². The van der Waals surface area contributed by atoms with Gasteiger partial charge in [0.05, 0.1) is 13.2 Å². The fourth-order valence-electron chi connectivity index (χ4n) is 4.86. The van der Waals surface area contributed by atoms with Gasteiger partial charge in [0.25, 0.3) is 0 Å². The summed E-state index contributed by atoms with van der Waals surface area (Å²) in [5, 5.41) is 2.44. The van der Waals surface area contributed by atoms with Crippen LogP contribution in [0.3, 0.4) is 0 Å². The summed E-state index contributed by atoms with van der Waals surface area (Å²) in [6.07, 6.45) is 4.44. The van der Waals surface area contributed by atoms with E-state index in [1.165, 1.54) is 16.5 Å². The summed E-state index contributed by atoms with van der Waals surface area (Å²) in [7, 11) is 0. The van der Waals surface area contributed by atoms with Crippen molar-refractivity contribution >= 4 is 22.5 Å². The molecule has 3 nitrogen and oxygen atoms in total.